The Hall–Kier alpha value is -0.630. The summed E-state index contributed by atoms with van der Waals surface area (Å²) in [7, 11) is 0. The van der Waals surface area contributed by atoms with Crippen LogP contribution in [-0.2, 0) is 29.5 Å². The van der Waals surface area contributed by atoms with Crippen molar-refractivity contribution in [2.24, 2.45) is 0 Å². The Kier molecular flexibility index (Phi) is 4.04. The summed E-state index contributed by atoms with van der Waals surface area (Å²) in [4.78, 5) is 0.0130. The zero-order valence-electron chi connectivity index (χ0n) is 12.6. The summed E-state index contributed by atoms with van der Waals surface area (Å²) < 4.78 is 45.9. The quantitative estimate of drug-likeness (QED) is 0.828. The number of alkyl halides is 3. The van der Waals surface area contributed by atoms with Gasteiger partial charge in [0.25, 0.3) is 0 Å². The molecule has 0 saturated carbocycles. The predicted octanol–water partition coefficient (Wildman–Crippen LogP) is 3.19. The largest absolute Gasteiger partial charge is 0.425 e. The van der Waals surface area contributed by atoms with Crippen LogP contribution in [0.4, 0.5) is 13.2 Å². The average molecular weight is 335 g/mol. The minimum Gasteiger partial charge on any atom is -0.392 e. The minimum atomic E-state index is -4.43. The maximum absolute atomic E-state index is 13.3. The highest BCUT2D eigenvalue weighted by Gasteiger charge is 2.48. The molecule has 0 radical (unpaired) electrons. The van der Waals surface area contributed by atoms with Crippen molar-refractivity contribution in [3.8, 4) is 0 Å². The van der Waals surface area contributed by atoms with Gasteiger partial charge in [-0.2, -0.15) is 13.2 Å². The van der Waals surface area contributed by atoms with Crippen LogP contribution in [0.2, 0.25) is 0 Å². The number of piperidine rings is 1. The second-order valence-corrected chi connectivity index (χ2v) is 7.36. The number of ether oxygens (including phenoxy) is 1. The highest BCUT2D eigenvalue weighted by molar-refractivity contribution is 7.12. The maximum atomic E-state index is 13.3. The second-order valence-electron chi connectivity index (χ2n) is 6.34. The number of nitrogens with one attached hydrogen (secondary N) is 1. The molecule has 7 heteroatoms. The molecule has 1 aromatic heterocycles. The fourth-order valence-electron chi connectivity index (χ4n) is 3.92. The first-order valence-corrected chi connectivity index (χ1v) is 8.31. The van der Waals surface area contributed by atoms with Crippen LogP contribution in [0.1, 0.15) is 47.6 Å². The van der Waals surface area contributed by atoms with Gasteiger partial charge in [-0.3, -0.25) is 0 Å². The number of halogens is 3. The van der Waals surface area contributed by atoms with Crippen molar-refractivity contribution in [1.29, 1.82) is 0 Å². The van der Waals surface area contributed by atoms with Crippen molar-refractivity contribution in [2.75, 3.05) is 6.61 Å². The SMILES string of the molecule is CC1CC2(CC(C)N1)OCCc1c2sc(C(F)(F)F)c1CO. The van der Waals surface area contributed by atoms with E-state index in [4.69, 9.17) is 4.74 Å². The van der Waals surface area contributed by atoms with E-state index in [1.807, 2.05) is 13.8 Å². The molecule has 1 spiro atoms. The van der Waals surface area contributed by atoms with Crippen LogP contribution in [0.3, 0.4) is 0 Å². The highest BCUT2D eigenvalue weighted by Crippen LogP contribution is 2.51. The van der Waals surface area contributed by atoms with E-state index >= 15 is 0 Å². The summed E-state index contributed by atoms with van der Waals surface area (Å²) >= 11 is 0.765. The van der Waals surface area contributed by atoms with E-state index < -0.39 is 23.3 Å². The van der Waals surface area contributed by atoms with Crippen molar-refractivity contribution >= 4 is 11.3 Å². The first-order chi connectivity index (χ1) is 10.3. The van der Waals surface area contributed by atoms with E-state index in [0.717, 1.165) is 11.3 Å². The van der Waals surface area contributed by atoms with E-state index in [1.54, 1.807) is 0 Å². The highest BCUT2D eigenvalue weighted by atomic mass is 32.1. The zero-order chi connectivity index (χ0) is 16.1. The number of fused-ring (bicyclic) bond motifs is 2. The van der Waals surface area contributed by atoms with Gasteiger partial charge >= 0.3 is 6.18 Å². The topological polar surface area (TPSA) is 41.5 Å². The molecule has 0 bridgehead atoms. The molecule has 1 saturated heterocycles. The van der Waals surface area contributed by atoms with Crippen LogP contribution in [-0.4, -0.2) is 23.8 Å². The van der Waals surface area contributed by atoms with Gasteiger partial charge in [0.2, 0.25) is 0 Å². The van der Waals surface area contributed by atoms with Crippen LogP contribution in [0.5, 0.6) is 0 Å². The Morgan fingerprint density at radius 3 is 2.50 bits per heavy atom. The van der Waals surface area contributed by atoms with E-state index in [-0.39, 0.29) is 17.6 Å². The molecule has 1 aromatic rings. The first-order valence-electron chi connectivity index (χ1n) is 7.50. The van der Waals surface area contributed by atoms with Crippen molar-refractivity contribution in [3.05, 3.63) is 20.9 Å². The number of aliphatic hydroxyl groups excluding tert-OH is 1. The fraction of sp³-hybridized carbons (Fsp3) is 0.733. The summed E-state index contributed by atoms with van der Waals surface area (Å²) in [6, 6.07) is 0.368. The summed E-state index contributed by atoms with van der Waals surface area (Å²) in [5, 5.41) is 12.9. The molecule has 0 aliphatic carbocycles. The smallest absolute Gasteiger partial charge is 0.392 e. The third kappa shape index (κ3) is 2.58. The van der Waals surface area contributed by atoms with Gasteiger partial charge < -0.3 is 15.2 Å². The van der Waals surface area contributed by atoms with Crippen LogP contribution in [0, 0.1) is 0 Å². The maximum Gasteiger partial charge on any atom is 0.425 e. The lowest BCUT2D eigenvalue weighted by molar-refractivity contribution is -0.135. The Morgan fingerprint density at radius 1 is 1.32 bits per heavy atom. The molecule has 2 aliphatic heterocycles. The minimum absolute atomic E-state index is 0.0500. The normalized spacial score (nSPS) is 32.3. The average Bonchev–Trinajstić information content (AvgIpc) is 2.77. The Labute approximate surface area is 131 Å². The number of rotatable bonds is 1. The van der Waals surface area contributed by atoms with Gasteiger partial charge in [0, 0.05) is 22.5 Å². The Bertz CT molecular complexity index is 560. The molecule has 2 N–H and O–H groups in total. The van der Waals surface area contributed by atoms with Gasteiger partial charge in [0.05, 0.1) is 13.2 Å². The lowest BCUT2D eigenvalue weighted by atomic mass is 9.79. The standard InChI is InChI=1S/C15H20F3NO2S/c1-8-5-14(6-9(2)19-8)12-10(3-4-21-14)11(7-20)13(22-12)15(16,17)18/h8-9,19-20H,3-7H2,1-2H3. The molecule has 2 unspecified atom stereocenters. The van der Waals surface area contributed by atoms with Gasteiger partial charge in [0.1, 0.15) is 10.5 Å². The lowest BCUT2D eigenvalue weighted by Gasteiger charge is -2.45. The summed E-state index contributed by atoms with van der Waals surface area (Å²) in [6.45, 7) is 3.90. The Morgan fingerprint density at radius 2 is 1.95 bits per heavy atom. The van der Waals surface area contributed by atoms with Crippen molar-refractivity contribution < 1.29 is 23.0 Å². The summed E-state index contributed by atoms with van der Waals surface area (Å²) in [6.07, 6.45) is -2.67. The predicted molar refractivity (Wildman–Crippen MR) is 77.9 cm³/mol. The molecule has 0 aromatic carbocycles. The van der Waals surface area contributed by atoms with Gasteiger partial charge in [-0.15, -0.1) is 11.3 Å². The van der Waals surface area contributed by atoms with Gasteiger partial charge in [-0.1, -0.05) is 0 Å². The Balaban J connectivity index is 2.12. The molecule has 22 heavy (non-hydrogen) atoms. The van der Waals surface area contributed by atoms with E-state index in [0.29, 0.717) is 36.3 Å². The zero-order valence-corrected chi connectivity index (χ0v) is 13.4. The molecule has 3 rings (SSSR count). The molecule has 1 fully saturated rings. The first kappa shape index (κ1) is 16.2. The third-order valence-electron chi connectivity index (χ3n) is 4.52. The lowest BCUT2D eigenvalue weighted by Crippen LogP contribution is -2.52. The second kappa shape index (κ2) is 5.47. The van der Waals surface area contributed by atoms with Crippen LogP contribution in [0.15, 0.2) is 0 Å². The summed E-state index contributed by atoms with van der Waals surface area (Å²) in [5.74, 6) is 0. The van der Waals surface area contributed by atoms with Gasteiger partial charge in [0.15, 0.2) is 0 Å². The molecule has 0 amide bonds. The molecule has 124 valence electrons. The van der Waals surface area contributed by atoms with Crippen molar-refractivity contribution in [3.63, 3.8) is 0 Å². The molecule has 2 aliphatic rings. The van der Waals surface area contributed by atoms with E-state index in [2.05, 4.69) is 5.32 Å². The number of thiophene rings is 1. The van der Waals surface area contributed by atoms with Gasteiger partial charge in [-0.05, 0) is 38.7 Å². The van der Waals surface area contributed by atoms with Crippen molar-refractivity contribution in [1.82, 2.24) is 5.32 Å². The molecule has 2 atom stereocenters. The molecular formula is C15H20F3NO2S. The third-order valence-corrected chi connectivity index (χ3v) is 6.02. The monoisotopic (exact) mass is 335 g/mol. The number of aliphatic hydroxyl groups is 1. The fourth-order valence-corrected chi connectivity index (χ4v) is 5.31. The van der Waals surface area contributed by atoms with Crippen LogP contribution in [0.25, 0.3) is 0 Å². The number of hydrogen-bond acceptors (Lipinski definition) is 4. The van der Waals surface area contributed by atoms with E-state index in [1.165, 1.54) is 0 Å². The number of hydrogen-bond donors (Lipinski definition) is 2. The van der Waals surface area contributed by atoms with Gasteiger partial charge in [-0.25, -0.2) is 0 Å². The molecule has 3 heterocycles. The summed E-state index contributed by atoms with van der Waals surface area (Å²) in [5.41, 5.74) is 0.0665. The molecular weight excluding hydrogens is 315 g/mol. The van der Waals surface area contributed by atoms with Crippen molar-refractivity contribution in [2.45, 2.75) is 63.6 Å². The van der Waals surface area contributed by atoms with Crippen LogP contribution >= 0.6 is 11.3 Å². The molecule has 3 nitrogen and oxygen atoms in total. The van der Waals surface area contributed by atoms with E-state index in [9.17, 15) is 18.3 Å². The van der Waals surface area contributed by atoms with Crippen LogP contribution < -0.4 is 5.32 Å².